The minimum absolute atomic E-state index is 0. The molecule has 0 saturated carbocycles. The SMILES string of the molecule is CN1CCN(c2cccc3c2OCCN3S(=O)(=O)c2cccc(S(C)(=O)=O)c2)CC1.Cl. The van der Waals surface area contributed by atoms with Crippen molar-refractivity contribution < 1.29 is 21.6 Å². The molecule has 2 aliphatic heterocycles. The number of benzene rings is 2. The first kappa shape index (κ1) is 23.6. The maximum Gasteiger partial charge on any atom is 0.264 e. The molecule has 0 N–H and O–H groups in total. The van der Waals surface area contributed by atoms with Crippen LogP contribution in [-0.4, -0.2) is 74.4 Å². The highest BCUT2D eigenvalue weighted by Crippen LogP contribution is 2.42. The second kappa shape index (κ2) is 8.85. The lowest BCUT2D eigenvalue weighted by Gasteiger charge is -2.37. The molecule has 0 radical (unpaired) electrons. The van der Waals surface area contributed by atoms with Gasteiger partial charge in [-0.15, -0.1) is 12.4 Å². The predicted octanol–water partition coefficient (Wildman–Crippen LogP) is 1.85. The van der Waals surface area contributed by atoms with E-state index in [0.29, 0.717) is 11.4 Å². The topological polar surface area (TPSA) is 87.2 Å². The summed E-state index contributed by atoms with van der Waals surface area (Å²) in [6.07, 6.45) is 1.06. The molecule has 1 fully saturated rings. The van der Waals surface area contributed by atoms with E-state index in [9.17, 15) is 16.8 Å². The van der Waals surface area contributed by atoms with Gasteiger partial charge in [0.25, 0.3) is 10.0 Å². The van der Waals surface area contributed by atoms with Crippen molar-refractivity contribution in [2.75, 3.05) is 61.8 Å². The maximum atomic E-state index is 13.4. The highest BCUT2D eigenvalue weighted by molar-refractivity contribution is 7.93. The van der Waals surface area contributed by atoms with Crippen molar-refractivity contribution >= 4 is 43.6 Å². The van der Waals surface area contributed by atoms with Crippen molar-refractivity contribution in [3.63, 3.8) is 0 Å². The van der Waals surface area contributed by atoms with Crippen LogP contribution in [0.4, 0.5) is 11.4 Å². The number of rotatable bonds is 4. The molecule has 2 aromatic carbocycles. The van der Waals surface area contributed by atoms with Gasteiger partial charge in [-0.1, -0.05) is 12.1 Å². The quantitative estimate of drug-likeness (QED) is 0.650. The molecule has 2 heterocycles. The third-order valence-electron chi connectivity index (χ3n) is 5.45. The zero-order chi connectivity index (χ0) is 21.5. The summed E-state index contributed by atoms with van der Waals surface area (Å²) in [4.78, 5) is 4.38. The Bertz CT molecular complexity index is 1160. The van der Waals surface area contributed by atoms with Crippen LogP contribution in [0.3, 0.4) is 0 Å². The summed E-state index contributed by atoms with van der Waals surface area (Å²) < 4.78 is 57.8. The van der Waals surface area contributed by atoms with Gasteiger partial charge in [-0.3, -0.25) is 4.31 Å². The lowest BCUT2D eigenvalue weighted by Crippen LogP contribution is -2.45. The summed E-state index contributed by atoms with van der Waals surface area (Å²) in [5, 5.41) is 0. The lowest BCUT2D eigenvalue weighted by molar-refractivity contribution is 0.301. The molecule has 0 amide bonds. The van der Waals surface area contributed by atoms with Crippen LogP contribution in [-0.2, 0) is 19.9 Å². The first-order valence-electron chi connectivity index (χ1n) is 9.70. The highest BCUT2D eigenvalue weighted by atomic mass is 35.5. The molecule has 8 nitrogen and oxygen atoms in total. The molecule has 0 aromatic heterocycles. The van der Waals surface area contributed by atoms with E-state index in [-0.39, 0.29) is 35.3 Å². The number of nitrogens with zero attached hydrogens (tertiary/aromatic N) is 3. The highest BCUT2D eigenvalue weighted by Gasteiger charge is 2.33. The van der Waals surface area contributed by atoms with Crippen LogP contribution >= 0.6 is 12.4 Å². The Labute approximate surface area is 189 Å². The fourth-order valence-electron chi connectivity index (χ4n) is 3.75. The number of ether oxygens (including phenoxy) is 1. The number of hydrogen-bond acceptors (Lipinski definition) is 7. The summed E-state index contributed by atoms with van der Waals surface area (Å²) in [6.45, 7) is 3.89. The fraction of sp³-hybridized carbons (Fsp3) is 0.400. The van der Waals surface area contributed by atoms with Crippen LogP contribution in [0.2, 0.25) is 0 Å². The first-order valence-corrected chi connectivity index (χ1v) is 13.0. The van der Waals surface area contributed by atoms with E-state index in [4.69, 9.17) is 4.74 Å². The van der Waals surface area contributed by atoms with Crippen molar-refractivity contribution in [1.29, 1.82) is 0 Å². The molecule has 31 heavy (non-hydrogen) atoms. The average Bonchev–Trinajstić information content (AvgIpc) is 2.73. The van der Waals surface area contributed by atoms with Crippen LogP contribution in [0.5, 0.6) is 5.75 Å². The van der Waals surface area contributed by atoms with Crippen LogP contribution in [0.1, 0.15) is 0 Å². The van der Waals surface area contributed by atoms with Crippen LogP contribution < -0.4 is 13.9 Å². The molecular weight excluding hydrogens is 462 g/mol. The van der Waals surface area contributed by atoms with Crippen molar-refractivity contribution in [1.82, 2.24) is 4.90 Å². The van der Waals surface area contributed by atoms with E-state index in [1.54, 1.807) is 6.07 Å². The Balaban J connectivity index is 0.00000272. The van der Waals surface area contributed by atoms with Gasteiger partial charge in [0.1, 0.15) is 6.61 Å². The normalized spacial score (nSPS) is 17.5. The van der Waals surface area contributed by atoms with Gasteiger partial charge in [-0.05, 0) is 37.4 Å². The summed E-state index contributed by atoms with van der Waals surface area (Å²) >= 11 is 0. The summed E-state index contributed by atoms with van der Waals surface area (Å²) in [5.74, 6) is 0.552. The Morgan fingerprint density at radius 2 is 1.45 bits per heavy atom. The minimum Gasteiger partial charge on any atom is -0.487 e. The third-order valence-corrected chi connectivity index (χ3v) is 8.37. The third kappa shape index (κ3) is 4.62. The molecule has 2 aromatic rings. The molecule has 2 aliphatic rings. The maximum absolute atomic E-state index is 13.4. The fourth-order valence-corrected chi connectivity index (χ4v) is 5.99. The van der Waals surface area contributed by atoms with E-state index >= 15 is 0 Å². The standard InChI is InChI=1S/C20H25N3O5S2.ClH/c1-21-9-11-22(12-10-21)18-7-4-8-19-20(18)28-14-13-23(19)30(26,27)17-6-3-5-16(15-17)29(2,24)25;/h3-8,15H,9-14H2,1-2H3;1H. The second-order valence-corrected chi connectivity index (χ2v) is 11.5. The van der Waals surface area contributed by atoms with Gasteiger partial charge in [0.15, 0.2) is 15.6 Å². The molecule has 11 heteroatoms. The molecule has 4 rings (SSSR count). The minimum atomic E-state index is -3.95. The molecule has 1 saturated heterocycles. The Morgan fingerprint density at radius 3 is 2.13 bits per heavy atom. The van der Waals surface area contributed by atoms with Crippen molar-refractivity contribution in [3.8, 4) is 5.75 Å². The van der Waals surface area contributed by atoms with Gasteiger partial charge in [-0.2, -0.15) is 0 Å². The second-order valence-electron chi connectivity index (χ2n) is 7.59. The number of likely N-dealkylation sites (N-methyl/N-ethyl adjacent to an activating group) is 1. The van der Waals surface area contributed by atoms with Gasteiger partial charge in [-0.25, -0.2) is 16.8 Å². The Morgan fingerprint density at radius 1 is 0.839 bits per heavy atom. The molecule has 0 atom stereocenters. The van der Waals surface area contributed by atoms with E-state index < -0.39 is 19.9 Å². The van der Waals surface area contributed by atoms with Crippen molar-refractivity contribution in [3.05, 3.63) is 42.5 Å². The molecule has 170 valence electrons. The number of anilines is 2. The zero-order valence-electron chi connectivity index (χ0n) is 17.4. The van der Waals surface area contributed by atoms with Crippen LogP contribution in [0.25, 0.3) is 0 Å². The van der Waals surface area contributed by atoms with E-state index in [0.717, 1.165) is 38.1 Å². The Kier molecular flexibility index (Phi) is 6.75. The smallest absolute Gasteiger partial charge is 0.264 e. The lowest BCUT2D eigenvalue weighted by atomic mass is 10.2. The van der Waals surface area contributed by atoms with Gasteiger partial charge < -0.3 is 14.5 Å². The average molecular weight is 488 g/mol. The zero-order valence-corrected chi connectivity index (χ0v) is 19.8. The Hall–Kier alpha value is -2.01. The molecule has 0 unspecified atom stereocenters. The van der Waals surface area contributed by atoms with Crippen molar-refractivity contribution in [2.24, 2.45) is 0 Å². The van der Waals surface area contributed by atoms with Crippen LogP contribution in [0, 0.1) is 0 Å². The molecular formula is C20H26ClN3O5S2. The largest absolute Gasteiger partial charge is 0.487 e. The number of hydrogen-bond donors (Lipinski definition) is 0. The first-order chi connectivity index (χ1) is 14.2. The number of halogens is 1. The number of piperazine rings is 1. The van der Waals surface area contributed by atoms with Gasteiger partial charge in [0, 0.05) is 32.4 Å². The summed E-state index contributed by atoms with van der Waals surface area (Å²) in [5.41, 5.74) is 1.35. The number of fused-ring (bicyclic) bond motifs is 1. The van der Waals surface area contributed by atoms with Gasteiger partial charge in [0.2, 0.25) is 0 Å². The van der Waals surface area contributed by atoms with Crippen LogP contribution in [0.15, 0.2) is 52.3 Å². The predicted molar refractivity (Wildman–Crippen MR) is 123 cm³/mol. The summed E-state index contributed by atoms with van der Waals surface area (Å²) in [7, 11) is -5.40. The summed E-state index contributed by atoms with van der Waals surface area (Å²) in [6, 6.07) is 11.0. The number of sulfonamides is 1. The monoisotopic (exact) mass is 487 g/mol. The van der Waals surface area contributed by atoms with Crippen molar-refractivity contribution in [2.45, 2.75) is 9.79 Å². The molecule has 0 aliphatic carbocycles. The van der Waals surface area contributed by atoms with E-state index in [1.807, 2.05) is 12.1 Å². The molecule has 0 spiro atoms. The van der Waals surface area contributed by atoms with E-state index in [2.05, 4.69) is 16.8 Å². The van der Waals surface area contributed by atoms with Gasteiger partial charge >= 0.3 is 0 Å². The van der Waals surface area contributed by atoms with Gasteiger partial charge in [0.05, 0.1) is 27.7 Å². The number of sulfone groups is 1. The molecule has 0 bridgehead atoms. The van der Waals surface area contributed by atoms with E-state index in [1.165, 1.54) is 28.6 Å². The number of para-hydroxylation sites is 1.